The molecule has 0 radical (unpaired) electrons. The number of benzene rings is 4. The van der Waals surface area contributed by atoms with Gasteiger partial charge in [0.1, 0.15) is 23.6 Å². The molecule has 0 bridgehead atoms. The molecule has 6 heteroatoms. The fourth-order valence-electron chi connectivity index (χ4n) is 4.64. The van der Waals surface area contributed by atoms with Gasteiger partial charge < -0.3 is 26.5 Å². The number of aromatic nitrogens is 2. The molecule has 1 N–H and O–H groups in total. The standard InChI is InChI=1S/C30H22N2O3.BrH/c33-23-16-14-21(15-17-23)28(34)19-32-20-31(26-11-5-6-12-27(26)32)18-25-24-10-4-7-13-29(24)35-30(25)22-8-2-1-3-9-22;/h1-17,20H,18-19H2;1H. The van der Waals surface area contributed by atoms with Crippen LogP contribution in [0, 0.1) is 0 Å². The molecule has 0 aliphatic carbocycles. The Labute approximate surface area is 218 Å². The largest absolute Gasteiger partial charge is 1.00 e. The number of ketones is 1. The van der Waals surface area contributed by atoms with Gasteiger partial charge in [-0.2, -0.15) is 0 Å². The van der Waals surface area contributed by atoms with Gasteiger partial charge in [0.25, 0.3) is 0 Å². The van der Waals surface area contributed by atoms with Crippen LogP contribution < -0.4 is 21.5 Å². The molecule has 0 unspecified atom stereocenters. The van der Waals surface area contributed by atoms with Gasteiger partial charge >= 0.3 is 0 Å². The summed E-state index contributed by atoms with van der Waals surface area (Å²) < 4.78 is 10.5. The summed E-state index contributed by atoms with van der Waals surface area (Å²) in [6.45, 7) is 0.804. The minimum absolute atomic E-state index is 0. The molecule has 0 saturated heterocycles. The highest BCUT2D eigenvalue weighted by atomic mass is 79.9. The molecule has 2 aromatic heterocycles. The van der Waals surface area contributed by atoms with Crippen LogP contribution >= 0.6 is 0 Å². The first-order valence-electron chi connectivity index (χ1n) is 11.5. The second-order valence-electron chi connectivity index (χ2n) is 8.60. The summed E-state index contributed by atoms with van der Waals surface area (Å²) in [6.07, 6.45) is 2.00. The van der Waals surface area contributed by atoms with Crippen molar-refractivity contribution in [3.63, 3.8) is 0 Å². The Hall–Kier alpha value is -4.16. The molecule has 4 aromatic carbocycles. The Balaban J connectivity index is 0.00000267. The summed E-state index contributed by atoms with van der Waals surface area (Å²) in [4.78, 5) is 13.0. The second-order valence-corrected chi connectivity index (χ2v) is 8.60. The number of carbonyl (C=O) groups is 1. The molecule has 0 fully saturated rings. The number of aromatic hydroxyl groups is 1. The van der Waals surface area contributed by atoms with Gasteiger partial charge in [-0.15, -0.1) is 0 Å². The van der Waals surface area contributed by atoms with Gasteiger partial charge in [-0.3, -0.25) is 4.79 Å². The van der Waals surface area contributed by atoms with Crippen molar-refractivity contribution < 1.29 is 35.9 Å². The Morgan fingerprint density at radius 2 is 1.53 bits per heavy atom. The van der Waals surface area contributed by atoms with E-state index >= 15 is 0 Å². The molecular weight excluding hydrogens is 516 g/mol. The zero-order valence-electron chi connectivity index (χ0n) is 19.3. The van der Waals surface area contributed by atoms with Gasteiger partial charge in [-0.1, -0.05) is 60.7 Å². The fourth-order valence-corrected chi connectivity index (χ4v) is 4.64. The van der Waals surface area contributed by atoms with Crippen LogP contribution in [0.25, 0.3) is 33.3 Å². The van der Waals surface area contributed by atoms with E-state index in [0.717, 1.165) is 38.9 Å². The summed E-state index contributed by atoms with van der Waals surface area (Å²) in [5, 5.41) is 10.6. The predicted molar refractivity (Wildman–Crippen MR) is 135 cm³/mol. The SMILES string of the molecule is O=C(Cn1c[n+](Cc2c(-c3ccccc3)oc3ccccc23)c2ccccc21)c1ccc(O)cc1.[Br-]. The summed E-state index contributed by atoms with van der Waals surface area (Å²) in [5.74, 6) is 0.986. The van der Waals surface area contributed by atoms with Crippen molar-refractivity contribution in [1.82, 2.24) is 4.57 Å². The van der Waals surface area contributed by atoms with Crippen molar-refractivity contribution in [2.45, 2.75) is 13.1 Å². The first kappa shape index (κ1) is 23.6. The van der Waals surface area contributed by atoms with Crippen molar-refractivity contribution >= 4 is 27.8 Å². The molecule has 0 amide bonds. The molecule has 0 aliphatic heterocycles. The number of nitrogens with zero attached hydrogens (tertiary/aromatic N) is 2. The van der Waals surface area contributed by atoms with Gasteiger partial charge in [0.15, 0.2) is 17.6 Å². The highest BCUT2D eigenvalue weighted by Crippen LogP contribution is 2.33. The molecule has 178 valence electrons. The van der Waals surface area contributed by atoms with Crippen LogP contribution in [0.1, 0.15) is 15.9 Å². The number of fused-ring (bicyclic) bond motifs is 2. The minimum atomic E-state index is -0.0170. The number of para-hydroxylation sites is 3. The lowest BCUT2D eigenvalue weighted by molar-refractivity contribution is -0.662. The third kappa shape index (κ3) is 4.32. The molecule has 0 atom stereocenters. The Morgan fingerprint density at radius 3 is 2.33 bits per heavy atom. The van der Waals surface area contributed by atoms with Crippen LogP contribution in [-0.4, -0.2) is 15.5 Å². The minimum Gasteiger partial charge on any atom is -1.00 e. The molecular formula is C30H23BrN2O3. The van der Waals surface area contributed by atoms with E-state index in [1.165, 1.54) is 12.1 Å². The van der Waals surface area contributed by atoms with Crippen LogP contribution in [0.5, 0.6) is 5.75 Å². The van der Waals surface area contributed by atoms with Crippen LogP contribution in [-0.2, 0) is 13.1 Å². The van der Waals surface area contributed by atoms with E-state index < -0.39 is 0 Å². The predicted octanol–water partition coefficient (Wildman–Crippen LogP) is 2.98. The number of phenols is 1. The van der Waals surface area contributed by atoms with Crippen molar-refractivity contribution in [2.75, 3.05) is 0 Å². The van der Waals surface area contributed by atoms with E-state index in [1.54, 1.807) is 12.1 Å². The van der Waals surface area contributed by atoms with Crippen LogP contribution in [0.15, 0.2) is 114 Å². The Bertz CT molecular complexity index is 1670. The number of hydrogen-bond donors (Lipinski definition) is 1. The molecule has 0 aliphatic rings. The monoisotopic (exact) mass is 538 g/mol. The number of imidazole rings is 1. The van der Waals surface area contributed by atoms with E-state index in [9.17, 15) is 9.90 Å². The third-order valence-corrected chi connectivity index (χ3v) is 6.35. The summed E-state index contributed by atoms with van der Waals surface area (Å²) in [6, 6.07) is 32.7. The molecule has 6 rings (SSSR count). The lowest BCUT2D eigenvalue weighted by Crippen LogP contribution is -3.00. The maximum Gasteiger partial charge on any atom is 0.245 e. The number of halogens is 1. The number of Topliss-reactive ketones (excluding diaryl/α,β-unsaturated/α-hetero) is 1. The van der Waals surface area contributed by atoms with Crippen molar-refractivity contribution in [3.05, 3.63) is 121 Å². The maximum atomic E-state index is 13.0. The fraction of sp³-hybridized carbons (Fsp3) is 0.0667. The smallest absolute Gasteiger partial charge is 0.245 e. The normalized spacial score (nSPS) is 11.0. The van der Waals surface area contributed by atoms with Crippen LogP contribution in [0.2, 0.25) is 0 Å². The third-order valence-electron chi connectivity index (χ3n) is 6.35. The first-order valence-corrected chi connectivity index (χ1v) is 11.5. The van der Waals surface area contributed by atoms with Crippen molar-refractivity contribution in [2.24, 2.45) is 0 Å². The summed E-state index contributed by atoms with van der Waals surface area (Å²) >= 11 is 0. The summed E-state index contributed by atoms with van der Waals surface area (Å²) in [7, 11) is 0. The van der Waals surface area contributed by atoms with Crippen molar-refractivity contribution in [1.29, 1.82) is 0 Å². The number of furan rings is 1. The topological polar surface area (TPSA) is 59.2 Å². The molecule has 0 saturated carbocycles. The lowest BCUT2D eigenvalue weighted by atomic mass is 10.1. The molecule has 6 aromatic rings. The number of hydrogen-bond acceptors (Lipinski definition) is 3. The average molecular weight is 539 g/mol. The highest BCUT2D eigenvalue weighted by Gasteiger charge is 2.23. The van der Waals surface area contributed by atoms with E-state index in [-0.39, 0.29) is 35.1 Å². The van der Waals surface area contributed by atoms with E-state index in [1.807, 2.05) is 65.5 Å². The number of phenolic OH excluding ortho intramolecular Hbond substituents is 1. The first-order chi connectivity index (χ1) is 17.2. The highest BCUT2D eigenvalue weighted by molar-refractivity contribution is 5.96. The second kappa shape index (κ2) is 9.84. The quantitative estimate of drug-likeness (QED) is 0.262. The molecule has 0 spiro atoms. The maximum absolute atomic E-state index is 13.0. The number of carbonyl (C=O) groups excluding carboxylic acids is 1. The van der Waals surface area contributed by atoms with Crippen molar-refractivity contribution in [3.8, 4) is 17.1 Å². The Kier molecular flexibility index (Phi) is 6.44. The zero-order valence-corrected chi connectivity index (χ0v) is 20.9. The van der Waals surface area contributed by atoms with Gasteiger partial charge in [-0.05, 0) is 42.5 Å². The molecule has 5 nitrogen and oxygen atoms in total. The zero-order chi connectivity index (χ0) is 23.8. The van der Waals surface area contributed by atoms with Gasteiger partial charge in [0.05, 0.1) is 0 Å². The summed E-state index contributed by atoms with van der Waals surface area (Å²) in [5.41, 5.74) is 5.58. The van der Waals surface area contributed by atoms with Crippen LogP contribution in [0.3, 0.4) is 0 Å². The van der Waals surface area contributed by atoms with Gasteiger partial charge in [-0.25, -0.2) is 9.13 Å². The molecule has 36 heavy (non-hydrogen) atoms. The van der Waals surface area contributed by atoms with E-state index in [4.69, 9.17) is 4.42 Å². The van der Waals surface area contributed by atoms with Crippen LogP contribution in [0.4, 0.5) is 0 Å². The lowest BCUT2D eigenvalue weighted by Gasteiger charge is -2.02. The van der Waals surface area contributed by atoms with E-state index in [2.05, 4.69) is 28.8 Å². The van der Waals surface area contributed by atoms with Gasteiger partial charge in [0.2, 0.25) is 12.1 Å². The van der Waals surface area contributed by atoms with Gasteiger partial charge in [0, 0.05) is 22.1 Å². The molecule has 2 heterocycles. The number of rotatable bonds is 6. The Morgan fingerprint density at radius 1 is 0.833 bits per heavy atom. The van der Waals surface area contributed by atoms with E-state index in [0.29, 0.717) is 12.1 Å². The average Bonchev–Trinajstić information content (AvgIpc) is 3.44.